The minimum Gasteiger partial charge on any atom is -0.363 e. The van der Waals surface area contributed by atoms with E-state index in [4.69, 9.17) is 5.73 Å². The summed E-state index contributed by atoms with van der Waals surface area (Å²) >= 11 is 3.44. The molecule has 0 aliphatic rings. The smallest absolute Gasteiger partial charge is 0.123 e. The average molecular weight is 337 g/mol. The van der Waals surface area contributed by atoms with Gasteiger partial charge in [0.2, 0.25) is 0 Å². The summed E-state index contributed by atoms with van der Waals surface area (Å²) in [4.78, 5) is 2.18. The summed E-state index contributed by atoms with van der Waals surface area (Å²) in [6.45, 7) is 3.39. The van der Waals surface area contributed by atoms with Crippen molar-refractivity contribution in [3.8, 4) is 0 Å². The molecule has 2 rings (SSSR count). The van der Waals surface area contributed by atoms with Gasteiger partial charge in [0.1, 0.15) is 5.82 Å². The molecule has 106 valence electrons. The van der Waals surface area contributed by atoms with Crippen molar-refractivity contribution < 1.29 is 4.39 Å². The van der Waals surface area contributed by atoms with Crippen LogP contribution in [0, 0.1) is 5.82 Å². The summed E-state index contributed by atoms with van der Waals surface area (Å²) in [6, 6.07) is 14.8. The quantitative estimate of drug-likeness (QED) is 0.889. The standard InChI is InChI=1S/C16H18BrFN2/c1-2-20(15-9-7-14(18)8-10-15)16(11-19)12-3-5-13(17)6-4-12/h3-10,16H,2,11,19H2,1H3. The largest absolute Gasteiger partial charge is 0.363 e. The normalized spacial score (nSPS) is 12.2. The summed E-state index contributed by atoms with van der Waals surface area (Å²) < 4.78 is 14.1. The third-order valence-corrected chi connectivity index (χ3v) is 3.88. The molecule has 0 radical (unpaired) electrons. The lowest BCUT2D eigenvalue weighted by atomic mass is 10.0. The van der Waals surface area contributed by atoms with E-state index in [0.717, 1.165) is 22.3 Å². The summed E-state index contributed by atoms with van der Waals surface area (Å²) in [5.74, 6) is -0.224. The topological polar surface area (TPSA) is 29.3 Å². The molecule has 0 saturated carbocycles. The molecular formula is C16H18BrFN2. The van der Waals surface area contributed by atoms with Crippen molar-refractivity contribution in [1.82, 2.24) is 0 Å². The molecule has 1 unspecified atom stereocenters. The molecule has 0 aromatic heterocycles. The minimum absolute atomic E-state index is 0.0820. The van der Waals surface area contributed by atoms with Gasteiger partial charge in [-0.3, -0.25) is 0 Å². The van der Waals surface area contributed by atoms with E-state index in [1.54, 1.807) is 12.1 Å². The SMILES string of the molecule is CCN(c1ccc(F)cc1)C(CN)c1ccc(Br)cc1. The summed E-state index contributed by atoms with van der Waals surface area (Å²) in [5.41, 5.74) is 8.09. The van der Waals surface area contributed by atoms with Crippen LogP contribution in [0.15, 0.2) is 53.0 Å². The number of rotatable bonds is 5. The maximum atomic E-state index is 13.1. The zero-order valence-corrected chi connectivity index (χ0v) is 13.0. The lowest BCUT2D eigenvalue weighted by Crippen LogP contribution is -2.33. The van der Waals surface area contributed by atoms with Crippen molar-refractivity contribution in [3.05, 3.63) is 64.4 Å². The molecule has 0 aliphatic heterocycles. The fraction of sp³-hybridized carbons (Fsp3) is 0.250. The van der Waals surface area contributed by atoms with Crippen molar-refractivity contribution in [1.29, 1.82) is 0 Å². The zero-order chi connectivity index (χ0) is 14.5. The van der Waals surface area contributed by atoms with E-state index in [-0.39, 0.29) is 11.9 Å². The van der Waals surface area contributed by atoms with Crippen LogP contribution in [0.4, 0.5) is 10.1 Å². The summed E-state index contributed by atoms with van der Waals surface area (Å²) in [7, 11) is 0. The number of hydrogen-bond acceptors (Lipinski definition) is 2. The highest BCUT2D eigenvalue weighted by Gasteiger charge is 2.18. The van der Waals surface area contributed by atoms with Gasteiger partial charge in [-0.2, -0.15) is 0 Å². The summed E-state index contributed by atoms with van der Waals surface area (Å²) in [6.07, 6.45) is 0. The number of nitrogens with two attached hydrogens (primary N) is 1. The molecule has 0 saturated heterocycles. The number of nitrogens with zero attached hydrogens (tertiary/aromatic N) is 1. The maximum absolute atomic E-state index is 13.1. The third kappa shape index (κ3) is 3.38. The second-order valence-corrected chi connectivity index (χ2v) is 5.48. The highest BCUT2D eigenvalue weighted by molar-refractivity contribution is 9.10. The fourth-order valence-corrected chi connectivity index (χ4v) is 2.61. The molecule has 2 aromatic rings. The van der Waals surface area contributed by atoms with Crippen molar-refractivity contribution in [2.75, 3.05) is 18.0 Å². The van der Waals surface area contributed by atoms with Gasteiger partial charge in [0.25, 0.3) is 0 Å². The van der Waals surface area contributed by atoms with Crippen LogP contribution in [0.3, 0.4) is 0 Å². The van der Waals surface area contributed by atoms with E-state index in [1.165, 1.54) is 12.1 Å². The van der Waals surface area contributed by atoms with Crippen molar-refractivity contribution >= 4 is 21.6 Å². The van der Waals surface area contributed by atoms with E-state index < -0.39 is 0 Å². The Balaban J connectivity index is 2.32. The first-order valence-corrected chi connectivity index (χ1v) is 7.42. The Morgan fingerprint density at radius 2 is 1.70 bits per heavy atom. The molecule has 2 nitrogen and oxygen atoms in total. The van der Waals surface area contributed by atoms with Gasteiger partial charge in [-0.1, -0.05) is 28.1 Å². The van der Waals surface area contributed by atoms with E-state index in [2.05, 4.69) is 39.9 Å². The lowest BCUT2D eigenvalue weighted by Gasteiger charge is -2.32. The number of hydrogen-bond donors (Lipinski definition) is 1. The molecule has 0 aliphatic carbocycles. The van der Waals surface area contributed by atoms with Crippen LogP contribution in [0.5, 0.6) is 0 Å². The monoisotopic (exact) mass is 336 g/mol. The fourth-order valence-electron chi connectivity index (χ4n) is 2.34. The zero-order valence-electron chi connectivity index (χ0n) is 11.4. The molecule has 2 aromatic carbocycles. The number of anilines is 1. The van der Waals surface area contributed by atoms with Crippen molar-refractivity contribution in [3.63, 3.8) is 0 Å². The van der Waals surface area contributed by atoms with Crippen LogP contribution in [-0.4, -0.2) is 13.1 Å². The van der Waals surface area contributed by atoms with Crippen LogP contribution >= 0.6 is 15.9 Å². The van der Waals surface area contributed by atoms with Gasteiger partial charge in [0, 0.05) is 23.2 Å². The highest BCUT2D eigenvalue weighted by Crippen LogP contribution is 2.27. The number of likely N-dealkylation sites (N-methyl/N-ethyl adjacent to an activating group) is 1. The molecule has 0 fully saturated rings. The Kier molecular flexibility index (Phi) is 5.15. The van der Waals surface area contributed by atoms with E-state index in [1.807, 2.05) is 12.1 Å². The minimum atomic E-state index is -0.224. The van der Waals surface area contributed by atoms with E-state index >= 15 is 0 Å². The Labute approximate surface area is 127 Å². The molecule has 0 spiro atoms. The molecular weight excluding hydrogens is 319 g/mol. The van der Waals surface area contributed by atoms with Crippen LogP contribution < -0.4 is 10.6 Å². The van der Waals surface area contributed by atoms with Gasteiger partial charge in [-0.05, 0) is 48.9 Å². The molecule has 0 bridgehead atoms. The molecule has 2 N–H and O–H groups in total. The lowest BCUT2D eigenvalue weighted by molar-refractivity contribution is 0.622. The Hall–Kier alpha value is -1.39. The van der Waals surface area contributed by atoms with Crippen molar-refractivity contribution in [2.45, 2.75) is 13.0 Å². The molecule has 1 atom stereocenters. The molecule has 4 heteroatoms. The van der Waals surface area contributed by atoms with E-state index in [9.17, 15) is 4.39 Å². The first-order valence-electron chi connectivity index (χ1n) is 6.63. The average Bonchev–Trinajstić information content (AvgIpc) is 2.47. The first kappa shape index (κ1) is 15.0. The maximum Gasteiger partial charge on any atom is 0.123 e. The van der Waals surface area contributed by atoms with Gasteiger partial charge in [0.05, 0.1) is 6.04 Å². The molecule has 0 amide bonds. The van der Waals surface area contributed by atoms with Crippen LogP contribution in [0.1, 0.15) is 18.5 Å². The van der Waals surface area contributed by atoms with Gasteiger partial charge in [-0.15, -0.1) is 0 Å². The van der Waals surface area contributed by atoms with Crippen LogP contribution in [0.25, 0.3) is 0 Å². The second kappa shape index (κ2) is 6.86. The van der Waals surface area contributed by atoms with Crippen molar-refractivity contribution in [2.24, 2.45) is 5.73 Å². The summed E-state index contributed by atoms with van der Waals surface area (Å²) in [5, 5.41) is 0. The van der Waals surface area contributed by atoms with Gasteiger partial charge in [0.15, 0.2) is 0 Å². The van der Waals surface area contributed by atoms with Gasteiger partial charge in [-0.25, -0.2) is 4.39 Å². The first-order chi connectivity index (χ1) is 9.65. The van der Waals surface area contributed by atoms with Gasteiger partial charge < -0.3 is 10.6 Å². The van der Waals surface area contributed by atoms with E-state index in [0.29, 0.717) is 6.54 Å². The predicted octanol–water partition coefficient (Wildman–Crippen LogP) is 4.11. The van der Waals surface area contributed by atoms with Gasteiger partial charge >= 0.3 is 0 Å². The number of benzene rings is 2. The predicted molar refractivity (Wildman–Crippen MR) is 85.4 cm³/mol. The van der Waals surface area contributed by atoms with Crippen LogP contribution in [0.2, 0.25) is 0 Å². The molecule has 0 heterocycles. The third-order valence-electron chi connectivity index (χ3n) is 3.35. The Morgan fingerprint density at radius 3 is 2.20 bits per heavy atom. The highest BCUT2D eigenvalue weighted by atomic mass is 79.9. The Morgan fingerprint density at radius 1 is 1.10 bits per heavy atom. The number of halogens is 2. The second-order valence-electron chi connectivity index (χ2n) is 4.57. The Bertz CT molecular complexity index is 488. The molecule has 20 heavy (non-hydrogen) atoms. The van der Waals surface area contributed by atoms with Crippen LogP contribution in [-0.2, 0) is 0 Å².